The Morgan fingerprint density at radius 3 is 2.94 bits per heavy atom. The van der Waals surface area contributed by atoms with Crippen LogP contribution in [0, 0.1) is 0 Å². The van der Waals surface area contributed by atoms with Gasteiger partial charge in [-0.2, -0.15) is 0 Å². The maximum Gasteiger partial charge on any atom is 0.326 e. The lowest BCUT2D eigenvalue weighted by Gasteiger charge is -2.24. The van der Waals surface area contributed by atoms with Crippen LogP contribution in [0.25, 0.3) is 0 Å². The highest BCUT2D eigenvalue weighted by atomic mass is 16.4. The number of aliphatic carboxylic acids is 1. The van der Waals surface area contributed by atoms with Crippen LogP contribution >= 0.6 is 0 Å². The second-order valence-electron chi connectivity index (χ2n) is 8.48. The van der Waals surface area contributed by atoms with Gasteiger partial charge >= 0.3 is 5.97 Å². The average molecular weight is 425 g/mol. The number of fused-ring (bicyclic) bond motifs is 1. The molecule has 3 heterocycles. The lowest BCUT2D eigenvalue weighted by molar-refractivity contribution is -0.138. The van der Waals surface area contributed by atoms with Crippen LogP contribution in [0.5, 0.6) is 0 Å². The molecular weight excluding hydrogens is 392 g/mol. The molecule has 1 fully saturated rings. The Kier molecular flexibility index (Phi) is 7.30. The molecule has 2 aliphatic rings. The Morgan fingerprint density at radius 2 is 2.16 bits per heavy atom. The first kappa shape index (κ1) is 21.5. The van der Waals surface area contributed by atoms with Crippen molar-refractivity contribution in [2.45, 2.75) is 63.5 Å². The summed E-state index contributed by atoms with van der Waals surface area (Å²) in [7, 11) is 0. The molecule has 0 unspecified atom stereocenters. The predicted molar refractivity (Wildman–Crippen MR) is 120 cm³/mol. The molecule has 0 bridgehead atoms. The lowest BCUT2D eigenvalue weighted by atomic mass is 10.1. The van der Waals surface area contributed by atoms with Crippen molar-refractivity contribution in [3.8, 4) is 0 Å². The number of carboxylic acid groups (broad SMARTS) is 1. The van der Waals surface area contributed by atoms with Crippen LogP contribution in [-0.2, 0) is 17.6 Å². The summed E-state index contributed by atoms with van der Waals surface area (Å²) in [6.45, 7) is 2.80. The Hall–Kier alpha value is -2.74. The molecule has 2 aromatic heterocycles. The maximum absolute atomic E-state index is 11.7. The first-order chi connectivity index (χ1) is 15.2. The normalized spacial score (nSPS) is 16.4. The minimum absolute atomic E-state index is 0.549. The van der Waals surface area contributed by atoms with Crippen molar-refractivity contribution in [1.29, 1.82) is 0 Å². The summed E-state index contributed by atoms with van der Waals surface area (Å²) in [5.41, 5.74) is 2.49. The molecule has 0 radical (unpaired) electrons. The van der Waals surface area contributed by atoms with Crippen molar-refractivity contribution < 1.29 is 9.90 Å². The van der Waals surface area contributed by atoms with E-state index in [1.807, 2.05) is 0 Å². The molecule has 3 N–H and O–H groups in total. The van der Waals surface area contributed by atoms with Gasteiger partial charge < -0.3 is 20.6 Å². The molecule has 1 saturated carbocycles. The SMILES string of the molecule is O=C(O)[C@H](CCN(CCCCc1ccc2c(n1)NCCC2)C1CC1)Nc1ccncn1. The smallest absolute Gasteiger partial charge is 0.326 e. The highest BCUT2D eigenvalue weighted by Crippen LogP contribution is 2.28. The molecule has 31 heavy (non-hydrogen) atoms. The zero-order valence-electron chi connectivity index (χ0n) is 18.0. The molecule has 0 saturated heterocycles. The van der Waals surface area contributed by atoms with Gasteiger partial charge in [0.25, 0.3) is 0 Å². The quantitative estimate of drug-likeness (QED) is 0.447. The minimum Gasteiger partial charge on any atom is -0.480 e. The minimum atomic E-state index is -0.846. The van der Waals surface area contributed by atoms with Gasteiger partial charge in [0.05, 0.1) is 0 Å². The second-order valence-corrected chi connectivity index (χ2v) is 8.48. The van der Waals surface area contributed by atoms with Gasteiger partial charge in [0.15, 0.2) is 0 Å². The van der Waals surface area contributed by atoms with Crippen LogP contribution in [0.2, 0.25) is 0 Å². The van der Waals surface area contributed by atoms with Gasteiger partial charge in [-0.15, -0.1) is 0 Å². The van der Waals surface area contributed by atoms with Crippen LogP contribution in [0.4, 0.5) is 11.6 Å². The van der Waals surface area contributed by atoms with Gasteiger partial charge in [0.1, 0.15) is 24.0 Å². The van der Waals surface area contributed by atoms with Crippen molar-refractivity contribution >= 4 is 17.6 Å². The van der Waals surface area contributed by atoms with Crippen LogP contribution < -0.4 is 10.6 Å². The molecule has 1 atom stereocenters. The van der Waals surface area contributed by atoms with Crippen LogP contribution in [0.1, 0.15) is 49.8 Å². The van der Waals surface area contributed by atoms with Crippen LogP contribution in [-0.4, -0.2) is 62.6 Å². The first-order valence-corrected chi connectivity index (χ1v) is 11.4. The van der Waals surface area contributed by atoms with E-state index in [0.29, 0.717) is 18.3 Å². The third kappa shape index (κ3) is 6.37. The number of anilines is 2. The molecule has 0 spiro atoms. The second kappa shape index (κ2) is 10.5. The van der Waals surface area contributed by atoms with Crippen molar-refractivity contribution in [3.05, 3.63) is 42.0 Å². The van der Waals surface area contributed by atoms with E-state index in [2.05, 4.69) is 37.6 Å². The Bertz CT molecular complexity index is 858. The van der Waals surface area contributed by atoms with E-state index in [0.717, 1.165) is 56.8 Å². The standard InChI is InChI=1S/C23H32N6O2/c30-23(31)20(28-21-10-13-24-16-26-21)11-15-29(19-8-9-19)14-2-1-5-18-7-6-17-4-3-12-25-22(17)27-18/h6-7,10,13,16,19-20H,1-5,8-9,11-12,14-15H2,(H,25,27)(H,30,31)(H,24,26,28)/t20-/m0/s1. The van der Waals surface area contributed by atoms with Crippen molar-refractivity contribution in [2.24, 2.45) is 0 Å². The van der Waals surface area contributed by atoms with Gasteiger partial charge in [-0.1, -0.05) is 6.07 Å². The average Bonchev–Trinajstić information content (AvgIpc) is 3.63. The largest absolute Gasteiger partial charge is 0.480 e. The molecular formula is C23H32N6O2. The fourth-order valence-electron chi connectivity index (χ4n) is 4.15. The number of hydrogen-bond acceptors (Lipinski definition) is 7. The Labute approximate surface area is 183 Å². The fourth-order valence-corrected chi connectivity index (χ4v) is 4.15. The monoisotopic (exact) mass is 424 g/mol. The summed E-state index contributed by atoms with van der Waals surface area (Å²) >= 11 is 0. The van der Waals surface area contributed by atoms with E-state index in [-0.39, 0.29) is 0 Å². The van der Waals surface area contributed by atoms with Crippen LogP contribution in [0.15, 0.2) is 30.7 Å². The zero-order chi connectivity index (χ0) is 21.5. The number of pyridine rings is 1. The number of nitrogens with zero attached hydrogens (tertiary/aromatic N) is 4. The molecule has 166 valence electrons. The number of hydrogen-bond donors (Lipinski definition) is 3. The topological polar surface area (TPSA) is 103 Å². The van der Waals surface area contributed by atoms with Crippen molar-refractivity contribution in [3.63, 3.8) is 0 Å². The molecule has 1 aliphatic carbocycles. The highest BCUT2D eigenvalue weighted by Gasteiger charge is 2.29. The first-order valence-electron chi connectivity index (χ1n) is 11.4. The fraction of sp³-hybridized carbons (Fsp3) is 0.565. The van der Waals surface area contributed by atoms with Crippen LogP contribution in [0.3, 0.4) is 0 Å². The van der Waals surface area contributed by atoms with E-state index in [9.17, 15) is 9.90 Å². The summed E-state index contributed by atoms with van der Waals surface area (Å²) in [6, 6.07) is 6.04. The Morgan fingerprint density at radius 1 is 1.26 bits per heavy atom. The number of carbonyl (C=O) groups is 1. The number of rotatable bonds is 12. The highest BCUT2D eigenvalue weighted by molar-refractivity contribution is 5.76. The molecule has 2 aromatic rings. The van der Waals surface area contributed by atoms with Crippen molar-refractivity contribution in [1.82, 2.24) is 19.9 Å². The number of nitrogens with one attached hydrogen (secondary N) is 2. The van der Waals surface area contributed by atoms with E-state index in [4.69, 9.17) is 4.98 Å². The third-order valence-corrected chi connectivity index (χ3v) is 6.05. The summed E-state index contributed by atoms with van der Waals surface area (Å²) in [6.07, 6.45) is 11.5. The number of aromatic nitrogens is 3. The molecule has 4 rings (SSSR count). The van der Waals surface area contributed by atoms with E-state index < -0.39 is 12.0 Å². The molecule has 0 aromatic carbocycles. The summed E-state index contributed by atoms with van der Waals surface area (Å²) in [5.74, 6) is 0.771. The predicted octanol–water partition coefficient (Wildman–Crippen LogP) is 2.97. The number of unbranched alkanes of at least 4 members (excludes halogenated alkanes) is 1. The van der Waals surface area contributed by atoms with Gasteiger partial charge in [-0.3, -0.25) is 0 Å². The summed E-state index contributed by atoms with van der Waals surface area (Å²) < 4.78 is 0. The third-order valence-electron chi connectivity index (χ3n) is 6.05. The van der Waals surface area contributed by atoms with E-state index in [1.165, 1.54) is 31.2 Å². The number of aryl methyl sites for hydroxylation is 2. The van der Waals surface area contributed by atoms with Gasteiger partial charge in [-0.05, 0) is 75.6 Å². The van der Waals surface area contributed by atoms with E-state index in [1.54, 1.807) is 12.3 Å². The van der Waals surface area contributed by atoms with Gasteiger partial charge in [0, 0.05) is 31.0 Å². The summed E-state index contributed by atoms with van der Waals surface area (Å²) in [4.78, 5) is 26.9. The van der Waals surface area contributed by atoms with E-state index >= 15 is 0 Å². The number of carboxylic acids is 1. The molecule has 1 aliphatic heterocycles. The molecule has 8 heteroatoms. The maximum atomic E-state index is 11.7. The molecule has 8 nitrogen and oxygen atoms in total. The zero-order valence-corrected chi connectivity index (χ0v) is 18.0. The van der Waals surface area contributed by atoms with Gasteiger partial charge in [0.2, 0.25) is 0 Å². The van der Waals surface area contributed by atoms with Crippen molar-refractivity contribution in [2.75, 3.05) is 30.3 Å². The lowest BCUT2D eigenvalue weighted by Crippen LogP contribution is -2.36. The summed E-state index contributed by atoms with van der Waals surface area (Å²) in [5, 5.41) is 16.0. The Balaban J connectivity index is 1.22. The molecule has 0 amide bonds. The van der Waals surface area contributed by atoms with Gasteiger partial charge in [-0.25, -0.2) is 19.7 Å².